The fourth-order valence-electron chi connectivity index (χ4n) is 1.80. The standard InChI is InChI=1S/C13H17BrN4S/c1-3-10-11(4-2)17-18-13(16-10)15-8-7-9-5-6-12(14)19-9/h5-6H,3-4,7-8H2,1-2H3,(H,15,16,18). The van der Waals surface area contributed by atoms with Gasteiger partial charge in [-0.05, 0) is 47.3 Å². The van der Waals surface area contributed by atoms with Gasteiger partial charge < -0.3 is 5.32 Å². The minimum atomic E-state index is 0.629. The van der Waals surface area contributed by atoms with Crippen LogP contribution in [0.5, 0.6) is 0 Å². The van der Waals surface area contributed by atoms with Crippen molar-refractivity contribution in [3.8, 4) is 0 Å². The monoisotopic (exact) mass is 340 g/mol. The van der Waals surface area contributed by atoms with Gasteiger partial charge in [0.25, 0.3) is 0 Å². The van der Waals surface area contributed by atoms with Gasteiger partial charge in [0.15, 0.2) is 0 Å². The van der Waals surface area contributed by atoms with E-state index >= 15 is 0 Å². The topological polar surface area (TPSA) is 50.7 Å². The van der Waals surface area contributed by atoms with Crippen LogP contribution in [0.25, 0.3) is 0 Å². The fourth-order valence-corrected chi connectivity index (χ4v) is 3.28. The molecule has 0 aliphatic carbocycles. The van der Waals surface area contributed by atoms with Gasteiger partial charge in [-0.15, -0.1) is 16.4 Å². The molecule has 0 radical (unpaired) electrons. The molecule has 0 amide bonds. The number of anilines is 1. The predicted molar refractivity (Wildman–Crippen MR) is 82.8 cm³/mol. The molecule has 0 atom stereocenters. The zero-order valence-corrected chi connectivity index (χ0v) is 13.5. The summed E-state index contributed by atoms with van der Waals surface area (Å²) in [5.74, 6) is 0.629. The molecule has 0 bridgehead atoms. The van der Waals surface area contributed by atoms with E-state index in [1.165, 1.54) is 8.66 Å². The minimum Gasteiger partial charge on any atom is -0.353 e. The number of rotatable bonds is 6. The van der Waals surface area contributed by atoms with Crippen LogP contribution in [0.2, 0.25) is 0 Å². The summed E-state index contributed by atoms with van der Waals surface area (Å²) in [6.07, 6.45) is 2.74. The number of hydrogen-bond donors (Lipinski definition) is 1. The lowest BCUT2D eigenvalue weighted by Crippen LogP contribution is -2.11. The first-order valence-electron chi connectivity index (χ1n) is 6.43. The van der Waals surface area contributed by atoms with Crippen molar-refractivity contribution in [1.82, 2.24) is 15.2 Å². The number of aromatic nitrogens is 3. The molecular formula is C13H17BrN4S. The maximum Gasteiger partial charge on any atom is 0.242 e. The van der Waals surface area contributed by atoms with Gasteiger partial charge in [-0.3, -0.25) is 0 Å². The molecule has 1 N–H and O–H groups in total. The number of hydrogen-bond acceptors (Lipinski definition) is 5. The van der Waals surface area contributed by atoms with E-state index < -0.39 is 0 Å². The predicted octanol–water partition coefficient (Wildman–Crippen LogP) is 3.48. The van der Waals surface area contributed by atoms with Crippen LogP contribution in [0.3, 0.4) is 0 Å². The first-order chi connectivity index (χ1) is 9.22. The SMILES string of the molecule is CCc1nnc(NCCc2ccc(Br)s2)nc1CC. The molecule has 0 saturated heterocycles. The van der Waals surface area contributed by atoms with Gasteiger partial charge in [0.05, 0.1) is 15.2 Å². The highest BCUT2D eigenvalue weighted by atomic mass is 79.9. The molecule has 0 aromatic carbocycles. The highest BCUT2D eigenvalue weighted by Crippen LogP contribution is 2.22. The highest BCUT2D eigenvalue weighted by Gasteiger charge is 2.05. The van der Waals surface area contributed by atoms with Gasteiger partial charge in [-0.2, -0.15) is 5.10 Å². The van der Waals surface area contributed by atoms with Crippen molar-refractivity contribution < 1.29 is 0 Å². The molecule has 0 fully saturated rings. The largest absolute Gasteiger partial charge is 0.353 e. The van der Waals surface area contributed by atoms with E-state index in [2.05, 4.69) is 62.4 Å². The van der Waals surface area contributed by atoms with Gasteiger partial charge in [0.1, 0.15) is 0 Å². The first kappa shape index (κ1) is 14.4. The van der Waals surface area contributed by atoms with E-state index in [0.717, 1.165) is 37.2 Å². The van der Waals surface area contributed by atoms with Gasteiger partial charge >= 0.3 is 0 Å². The van der Waals surface area contributed by atoms with Crippen LogP contribution in [0.15, 0.2) is 15.9 Å². The third-order valence-corrected chi connectivity index (χ3v) is 4.48. The third-order valence-electron chi connectivity index (χ3n) is 2.79. The Hall–Kier alpha value is -1.01. The van der Waals surface area contributed by atoms with Crippen molar-refractivity contribution in [3.05, 3.63) is 32.2 Å². The lowest BCUT2D eigenvalue weighted by atomic mass is 10.2. The van der Waals surface area contributed by atoms with E-state index in [4.69, 9.17) is 0 Å². The van der Waals surface area contributed by atoms with Crippen molar-refractivity contribution in [2.24, 2.45) is 0 Å². The van der Waals surface area contributed by atoms with Crippen LogP contribution in [-0.4, -0.2) is 21.7 Å². The van der Waals surface area contributed by atoms with Gasteiger partial charge in [-0.25, -0.2) is 4.98 Å². The third kappa shape index (κ3) is 3.98. The average molecular weight is 341 g/mol. The molecule has 4 nitrogen and oxygen atoms in total. The van der Waals surface area contributed by atoms with E-state index in [0.29, 0.717) is 5.95 Å². The normalized spacial score (nSPS) is 10.7. The van der Waals surface area contributed by atoms with Gasteiger partial charge in [0.2, 0.25) is 5.95 Å². The summed E-state index contributed by atoms with van der Waals surface area (Å²) in [5.41, 5.74) is 2.04. The second kappa shape index (κ2) is 6.96. The number of halogens is 1. The summed E-state index contributed by atoms with van der Waals surface area (Å²) in [5, 5.41) is 11.6. The molecule has 2 heterocycles. The summed E-state index contributed by atoms with van der Waals surface area (Å²) in [6, 6.07) is 4.20. The lowest BCUT2D eigenvalue weighted by Gasteiger charge is -2.07. The van der Waals surface area contributed by atoms with Gasteiger partial charge in [-0.1, -0.05) is 13.8 Å². The summed E-state index contributed by atoms with van der Waals surface area (Å²) >= 11 is 5.22. The molecule has 0 saturated carbocycles. The zero-order valence-electron chi connectivity index (χ0n) is 11.1. The Morgan fingerprint density at radius 2 is 1.95 bits per heavy atom. The van der Waals surface area contributed by atoms with Crippen molar-refractivity contribution in [2.75, 3.05) is 11.9 Å². The molecular weight excluding hydrogens is 324 g/mol. The smallest absolute Gasteiger partial charge is 0.242 e. The number of thiophene rings is 1. The molecule has 0 unspecified atom stereocenters. The van der Waals surface area contributed by atoms with Crippen molar-refractivity contribution in [2.45, 2.75) is 33.1 Å². The maximum atomic E-state index is 4.51. The van der Waals surface area contributed by atoms with E-state index in [1.807, 2.05) is 0 Å². The van der Waals surface area contributed by atoms with Crippen molar-refractivity contribution >= 4 is 33.2 Å². The molecule has 2 aromatic heterocycles. The van der Waals surface area contributed by atoms with Crippen LogP contribution < -0.4 is 5.32 Å². The molecule has 2 rings (SSSR count). The molecule has 6 heteroatoms. The van der Waals surface area contributed by atoms with Crippen LogP contribution in [0, 0.1) is 0 Å². The fraction of sp³-hybridized carbons (Fsp3) is 0.462. The Morgan fingerprint density at radius 3 is 2.58 bits per heavy atom. The Labute approximate surface area is 125 Å². The van der Waals surface area contributed by atoms with E-state index in [-0.39, 0.29) is 0 Å². The molecule has 2 aromatic rings. The van der Waals surface area contributed by atoms with Crippen LogP contribution in [-0.2, 0) is 19.3 Å². The molecule has 0 aliphatic rings. The Morgan fingerprint density at radius 1 is 1.16 bits per heavy atom. The highest BCUT2D eigenvalue weighted by molar-refractivity contribution is 9.11. The Balaban J connectivity index is 1.92. The number of nitrogens with one attached hydrogen (secondary N) is 1. The number of nitrogens with zero attached hydrogens (tertiary/aromatic N) is 3. The van der Waals surface area contributed by atoms with Crippen LogP contribution in [0.1, 0.15) is 30.1 Å². The van der Waals surface area contributed by atoms with Crippen molar-refractivity contribution in [3.63, 3.8) is 0 Å². The van der Waals surface area contributed by atoms with E-state index in [9.17, 15) is 0 Å². The average Bonchev–Trinajstić information content (AvgIpc) is 2.84. The second-order valence-electron chi connectivity index (χ2n) is 4.12. The minimum absolute atomic E-state index is 0.629. The summed E-state index contributed by atoms with van der Waals surface area (Å²) < 4.78 is 1.17. The Kier molecular flexibility index (Phi) is 5.27. The second-order valence-corrected chi connectivity index (χ2v) is 6.67. The van der Waals surface area contributed by atoms with E-state index in [1.54, 1.807) is 11.3 Å². The molecule has 0 aliphatic heterocycles. The maximum absolute atomic E-state index is 4.51. The first-order valence-corrected chi connectivity index (χ1v) is 8.04. The summed E-state index contributed by atoms with van der Waals surface area (Å²) in [6.45, 7) is 4.99. The summed E-state index contributed by atoms with van der Waals surface area (Å²) in [7, 11) is 0. The molecule has 19 heavy (non-hydrogen) atoms. The summed E-state index contributed by atoms with van der Waals surface area (Å²) in [4.78, 5) is 5.85. The molecule has 0 spiro atoms. The van der Waals surface area contributed by atoms with Crippen LogP contribution >= 0.6 is 27.3 Å². The quantitative estimate of drug-likeness (QED) is 0.874. The zero-order chi connectivity index (χ0) is 13.7. The lowest BCUT2D eigenvalue weighted by molar-refractivity contribution is 0.818. The van der Waals surface area contributed by atoms with Crippen LogP contribution in [0.4, 0.5) is 5.95 Å². The Bertz CT molecular complexity index is 541. The number of aryl methyl sites for hydroxylation is 2. The van der Waals surface area contributed by atoms with Gasteiger partial charge in [0, 0.05) is 11.4 Å². The molecule has 102 valence electrons. The van der Waals surface area contributed by atoms with Crippen molar-refractivity contribution in [1.29, 1.82) is 0 Å².